The molecule has 0 N–H and O–H groups in total. The lowest BCUT2D eigenvalue weighted by molar-refractivity contribution is -0.119. The number of anilines is 1. The summed E-state index contributed by atoms with van der Waals surface area (Å²) in [4.78, 5) is 27.1. The number of carbonyl (C=O) groups is 2. The predicted molar refractivity (Wildman–Crippen MR) is 96.4 cm³/mol. The molecule has 0 spiro atoms. The molecule has 0 saturated carbocycles. The first-order chi connectivity index (χ1) is 12.4. The number of hydrogen-bond donors (Lipinski definition) is 0. The summed E-state index contributed by atoms with van der Waals surface area (Å²) in [6.45, 7) is 1.44. The summed E-state index contributed by atoms with van der Waals surface area (Å²) in [6.07, 6.45) is 1.66. The topological polar surface area (TPSA) is 74.8 Å². The summed E-state index contributed by atoms with van der Waals surface area (Å²) in [5.41, 5.74) is 1.96. The quantitative estimate of drug-likeness (QED) is 0.812. The summed E-state index contributed by atoms with van der Waals surface area (Å²) >= 11 is 0. The average Bonchev–Trinajstić information content (AvgIpc) is 2.83. The Hall–Kier alpha value is -2.67. The van der Waals surface area contributed by atoms with Gasteiger partial charge < -0.3 is 4.90 Å². The van der Waals surface area contributed by atoms with Crippen LogP contribution in [0.5, 0.6) is 0 Å². The van der Waals surface area contributed by atoms with Crippen molar-refractivity contribution in [3.63, 3.8) is 0 Å². The number of hydrogen-bond acceptors (Lipinski definition) is 4. The molecule has 0 fully saturated rings. The zero-order chi connectivity index (χ0) is 18.5. The lowest BCUT2D eigenvalue weighted by atomic mass is 9.96. The molecular weight excluding hydrogens is 352 g/mol. The number of nitrogens with zero attached hydrogens (tertiary/aromatic N) is 2. The van der Waals surface area contributed by atoms with Crippen molar-refractivity contribution in [3.05, 3.63) is 59.7 Å². The van der Waals surface area contributed by atoms with Gasteiger partial charge in [0.25, 0.3) is 15.9 Å². The molecule has 2 aromatic rings. The van der Waals surface area contributed by atoms with E-state index in [2.05, 4.69) is 0 Å². The van der Waals surface area contributed by atoms with Crippen LogP contribution >= 0.6 is 0 Å². The van der Waals surface area contributed by atoms with Crippen LogP contribution in [-0.4, -0.2) is 37.1 Å². The first-order valence-electron chi connectivity index (χ1n) is 8.47. The molecular formula is C19H18N2O4S. The molecule has 26 heavy (non-hydrogen) atoms. The normalized spacial score (nSPS) is 20.7. The molecule has 2 aliphatic heterocycles. The van der Waals surface area contributed by atoms with Crippen molar-refractivity contribution in [2.75, 3.05) is 11.4 Å². The molecule has 0 saturated heterocycles. The minimum atomic E-state index is -3.99. The summed E-state index contributed by atoms with van der Waals surface area (Å²) in [6, 6.07) is 13.6. The standard InChI is InChI=1S/C19H18N2O4S/c1-13-10-11-14-6-2-4-8-16(14)21(13)18(22)12-20-19(23)15-7-3-5-9-17(15)26(20,24)25/h2-9,13H,10-12H2,1H3/t13-/m0/s1. The highest BCUT2D eigenvalue weighted by Gasteiger charge is 2.43. The van der Waals surface area contributed by atoms with Crippen molar-refractivity contribution in [1.29, 1.82) is 0 Å². The van der Waals surface area contributed by atoms with E-state index in [4.69, 9.17) is 0 Å². The van der Waals surface area contributed by atoms with E-state index in [1.807, 2.05) is 31.2 Å². The van der Waals surface area contributed by atoms with E-state index < -0.39 is 28.4 Å². The smallest absolute Gasteiger partial charge is 0.269 e. The highest BCUT2D eigenvalue weighted by molar-refractivity contribution is 7.90. The average molecular weight is 370 g/mol. The second-order valence-electron chi connectivity index (χ2n) is 6.59. The highest BCUT2D eigenvalue weighted by atomic mass is 32.2. The lowest BCUT2D eigenvalue weighted by Crippen LogP contribution is -2.48. The third kappa shape index (κ3) is 2.42. The Balaban J connectivity index is 1.67. The van der Waals surface area contributed by atoms with Crippen LogP contribution in [0.4, 0.5) is 5.69 Å². The number of rotatable bonds is 2. The maximum Gasteiger partial charge on any atom is 0.269 e. The van der Waals surface area contributed by atoms with Crippen molar-refractivity contribution in [3.8, 4) is 0 Å². The predicted octanol–water partition coefficient (Wildman–Crippen LogP) is 2.20. The lowest BCUT2D eigenvalue weighted by Gasteiger charge is -2.36. The molecule has 1 atom stereocenters. The fourth-order valence-electron chi connectivity index (χ4n) is 3.65. The van der Waals surface area contributed by atoms with Gasteiger partial charge in [-0.25, -0.2) is 12.7 Å². The van der Waals surface area contributed by atoms with Gasteiger partial charge in [-0.1, -0.05) is 30.3 Å². The van der Waals surface area contributed by atoms with E-state index in [1.165, 1.54) is 12.1 Å². The van der Waals surface area contributed by atoms with Crippen LogP contribution in [0.15, 0.2) is 53.4 Å². The highest BCUT2D eigenvalue weighted by Crippen LogP contribution is 2.33. The molecule has 2 aromatic carbocycles. The molecule has 2 heterocycles. The van der Waals surface area contributed by atoms with Gasteiger partial charge >= 0.3 is 0 Å². The summed E-state index contributed by atoms with van der Waals surface area (Å²) in [5.74, 6) is -1.04. The second kappa shape index (κ2) is 5.95. The molecule has 2 amide bonds. The number of fused-ring (bicyclic) bond motifs is 2. The van der Waals surface area contributed by atoms with Crippen LogP contribution in [0.2, 0.25) is 0 Å². The third-order valence-electron chi connectivity index (χ3n) is 4.98. The Morgan fingerprint density at radius 2 is 1.81 bits per heavy atom. The van der Waals surface area contributed by atoms with E-state index in [-0.39, 0.29) is 16.5 Å². The Kier molecular flexibility index (Phi) is 3.84. The number of carbonyl (C=O) groups excluding carboxylic acids is 2. The van der Waals surface area contributed by atoms with Crippen LogP contribution in [-0.2, 0) is 21.2 Å². The Morgan fingerprint density at radius 3 is 2.58 bits per heavy atom. The molecule has 7 heteroatoms. The first kappa shape index (κ1) is 16.8. The molecule has 0 bridgehead atoms. The number of para-hydroxylation sites is 1. The summed E-state index contributed by atoms with van der Waals surface area (Å²) < 4.78 is 26.0. The number of amides is 2. The Bertz CT molecular complexity index is 1020. The number of benzene rings is 2. The first-order valence-corrected chi connectivity index (χ1v) is 9.91. The van der Waals surface area contributed by atoms with Gasteiger partial charge in [-0.15, -0.1) is 0 Å². The van der Waals surface area contributed by atoms with Crippen LogP contribution in [0.25, 0.3) is 0 Å². The summed E-state index contributed by atoms with van der Waals surface area (Å²) in [5, 5.41) is 0. The van der Waals surface area contributed by atoms with Crippen LogP contribution in [0.1, 0.15) is 29.3 Å². The van der Waals surface area contributed by atoms with Crippen molar-refractivity contribution in [1.82, 2.24) is 4.31 Å². The molecule has 2 aliphatic rings. The van der Waals surface area contributed by atoms with E-state index in [1.54, 1.807) is 17.0 Å². The third-order valence-corrected chi connectivity index (χ3v) is 6.77. The maximum absolute atomic E-state index is 13.0. The van der Waals surface area contributed by atoms with Crippen molar-refractivity contribution in [2.45, 2.75) is 30.7 Å². The van der Waals surface area contributed by atoms with Gasteiger partial charge in [-0.3, -0.25) is 9.59 Å². The van der Waals surface area contributed by atoms with E-state index in [0.717, 1.165) is 24.1 Å². The molecule has 0 aromatic heterocycles. The van der Waals surface area contributed by atoms with E-state index in [9.17, 15) is 18.0 Å². The van der Waals surface area contributed by atoms with E-state index in [0.29, 0.717) is 4.31 Å². The molecule has 0 unspecified atom stereocenters. The number of aryl methyl sites for hydroxylation is 1. The molecule has 134 valence electrons. The van der Waals surface area contributed by atoms with Gasteiger partial charge in [-0.05, 0) is 43.5 Å². The minimum absolute atomic E-state index is 0.0371. The van der Waals surface area contributed by atoms with Gasteiger partial charge in [0.1, 0.15) is 11.4 Å². The molecule has 6 nitrogen and oxygen atoms in total. The zero-order valence-corrected chi connectivity index (χ0v) is 15.1. The fourth-order valence-corrected chi connectivity index (χ4v) is 5.17. The van der Waals surface area contributed by atoms with Crippen molar-refractivity contribution < 1.29 is 18.0 Å². The maximum atomic E-state index is 13.0. The van der Waals surface area contributed by atoms with E-state index >= 15 is 0 Å². The van der Waals surface area contributed by atoms with Crippen LogP contribution in [0, 0.1) is 0 Å². The minimum Gasteiger partial charge on any atom is -0.308 e. The largest absolute Gasteiger partial charge is 0.308 e. The van der Waals surface area contributed by atoms with Crippen LogP contribution < -0.4 is 4.90 Å². The fraction of sp³-hybridized carbons (Fsp3) is 0.263. The van der Waals surface area contributed by atoms with Crippen molar-refractivity contribution in [2.24, 2.45) is 0 Å². The second-order valence-corrected chi connectivity index (χ2v) is 8.42. The SMILES string of the molecule is C[C@H]1CCc2ccccc2N1C(=O)CN1C(=O)c2ccccc2S1(=O)=O. The molecule has 4 rings (SSSR count). The Morgan fingerprint density at radius 1 is 1.12 bits per heavy atom. The van der Waals surface area contributed by atoms with Gasteiger partial charge in [0, 0.05) is 11.7 Å². The number of sulfonamides is 1. The summed E-state index contributed by atoms with van der Waals surface area (Å²) in [7, 11) is -3.99. The van der Waals surface area contributed by atoms with Gasteiger partial charge in [0.15, 0.2) is 0 Å². The zero-order valence-electron chi connectivity index (χ0n) is 14.3. The van der Waals surface area contributed by atoms with Crippen molar-refractivity contribution >= 4 is 27.5 Å². The Labute approximate surface area is 152 Å². The van der Waals surface area contributed by atoms with Crippen LogP contribution in [0.3, 0.4) is 0 Å². The monoisotopic (exact) mass is 370 g/mol. The molecule has 0 radical (unpaired) electrons. The van der Waals surface area contributed by atoms with Gasteiger partial charge in [-0.2, -0.15) is 0 Å². The van der Waals surface area contributed by atoms with Gasteiger partial charge in [0.2, 0.25) is 5.91 Å². The molecule has 0 aliphatic carbocycles. The van der Waals surface area contributed by atoms with Gasteiger partial charge in [0.05, 0.1) is 5.56 Å².